The van der Waals surface area contributed by atoms with Gasteiger partial charge in [-0.3, -0.25) is 9.69 Å². The van der Waals surface area contributed by atoms with Crippen LogP contribution in [0.1, 0.15) is 6.17 Å². The van der Waals surface area contributed by atoms with Crippen molar-refractivity contribution < 1.29 is 9.53 Å². The maximum absolute atomic E-state index is 12.2. The second-order valence-electron chi connectivity index (χ2n) is 7.40. The summed E-state index contributed by atoms with van der Waals surface area (Å²) in [6.07, 6.45) is 3.87. The van der Waals surface area contributed by atoms with Crippen molar-refractivity contribution in [3.63, 3.8) is 0 Å². The molecule has 32 heavy (non-hydrogen) atoms. The molecule has 0 aliphatic carbocycles. The minimum atomic E-state index is -0.539. The molecule has 1 aliphatic rings. The van der Waals surface area contributed by atoms with E-state index in [2.05, 4.69) is 19.8 Å². The quantitative estimate of drug-likeness (QED) is 0.399. The molecule has 1 aromatic carbocycles. The van der Waals surface area contributed by atoms with Gasteiger partial charge >= 0.3 is 0 Å². The number of pyridine rings is 1. The highest BCUT2D eigenvalue weighted by Gasteiger charge is 2.28. The van der Waals surface area contributed by atoms with Gasteiger partial charge in [-0.2, -0.15) is 5.10 Å². The van der Waals surface area contributed by atoms with Crippen LogP contribution in [0.3, 0.4) is 0 Å². The number of methoxy groups -OCH3 is 1. The first-order chi connectivity index (χ1) is 15.7. The van der Waals surface area contributed by atoms with Crippen molar-refractivity contribution in [3.05, 3.63) is 53.1 Å². The summed E-state index contributed by atoms with van der Waals surface area (Å²) in [4.78, 5) is 25.5. The summed E-state index contributed by atoms with van der Waals surface area (Å²) in [5, 5.41) is 8.98. The average molecular weight is 469 g/mol. The third-order valence-electron chi connectivity index (χ3n) is 5.66. The van der Waals surface area contributed by atoms with Crippen LogP contribution in [0.15, 0.2) is 48.1 Å². The van der Waals surface area contributed by atoms with Gasteiger partial charge in [-0.25, -0.2) is 14.6 Å². The predicted octanol–water partition coefficient (Wildman–Crippen LogP) is 3.74. The number of carbonyl (C=O) groups is 1. The number of aromatic nitrogens is 4. The van der Waals surface area contributed by atoms with E-state index < -0.39 is 6.17 Å². The number of piperazine rings is 1. The third kappa shape index (κ3) is 3.72. The fourth-order valence-electron chi connectivity index (χ4n) is 4.04. The summed E-state index contributed by atoms with van der Waals surface area (Å²) in [5.74, 6) is 0.654. The van der Waals surface area contributed by atoms with Crippen molar-refractivity contribution in [1.82, 2.24) is 24.6 Å². The largest absolute Gasteiger partial charge is 0.495 e. The average Bonchev–Trinajstić information content (AvgIpc) is 3.49. The second-order valence-corrected chi connectivity index (χ2v) is 8.70. The number of carbonyl (C=O) groups excluding carboxylic acids is 1. The molecule has 0 amide bonds. The number of fused-ring (bicyclic) bond motifs is 1. The number of benzene rings is 1. The Labute approximate surface area is 194 Å². The standard InChI is InChI=1S/C22H21ClN6O2S/c1-31-18-13-15(4-5-17(18)23)27-8-10-28(11-9-27)19(14-30)29-21-16(3-2-6-24-21)20(26-29)22-25-7-12-32-22/h2-7,12-14,19H,8-11H2,1H3. The molecule has 4 heterocycles. The van der Waals surface area contributed by atoms with E-state index in [9.17, 15) is 4.79 Å². The van der Waals surface area contributed by atoms with Crippen LogP contribution in [0, 0.1) is 0 Å². The Morgan fingerprint density at radius 3 is 2.72 bits per heavy atom. The SMILES string of the molecule is COc1cc(N2CCN(C(C=O)n3nc(-c4nccs4)c4cccnc43)CC2)ccc1Cl. The summed E-state index contributed by atoms with van der Waals surface area (Å²) in [5.41, 5.74) is 2.48. The Balaban J connectivity index is 1.40. The fraction of sp³-hybridized carbons (Fsp3) is 0.273. The molecular formula is C22H21ClN6O2S. The zero-order valence-corrected chi connectivity index (χ0v) is 19.0. The third-order valence-corrected chi connectivity index (χ3v) is 6.75. The van der Waals surface area contributed by atoms with Crippen LogP contribution >= 0.6 is 22.9 Å². The molecule has 0 saturated carbocycles. The van der Waals surface area contributed by atoms with Gasteiger partial charge in [0.15, 0.2) is 18.1 Å². The van der Waals surface area contributed by atoms with E-state index in [1.807, 2.05) is 35.7 Å². The number of hydrogen-bond donors (Lipinski definition) is 0. The Kier molecular flexibility index (Phi) is 5.77. The zero-order chi connectivity index (χ0) is 22.1. The lowest BCUT2D eigenvalue weighted by Gasteiger charge is -2.38. The number of aldehydes is 1. The van der Waals surface area contributed by atoms with Crippen LogP contribution < -0.4 is 9.64 Å². The van der Waals surface area contributed by atoms with E-state index in [4.69, 9.17) is 21.4 Å². The normalized spacial score (nSPS) is 15.8. The van der Waals surface area contributed by atoms with Gasteiger partial charge in [0.1, 0.15) is 16.5 Å². The van der Waals surface area contributed by atoms with Crippen molar-refractivity contribution in [2.24, 2.45) is 0 Å². The van der Waals surface area contributed by atoms with Crippen molar-refractivity contribution in [1.29, 1.82) is 0 Å². The van der Waals surface area contributed by atoms with E-state index in [1.165, 1.54) is 11.3 Å². The van der Waals surface area contributed by atoms with Crippen molar-refractivity contribution in [2.45, 2.75) is 6.17 Å². The van der Waals surface area contributed by atoms with Crippen LogP contribution in [0.25, 0.3) is 21.7 Å². The van der Waals surface area contributed by atoms with E-state index in [0.717, 1.165) is 41.2 Å². The van der Waals surface area contributed by atoms with E-state index >= 15 is 0 Å². The second kappa shape index (κ2) is 8.85. The van der Waals surface area contributed by atoms with Crippen LogP contribution in [0.4, 0.5) is 5.69 Å². The molecule has 1 saturated heterocycles. The smallest absolute Gasteiger partial charge is 0.162 e. The first kappa shape index (κ1) is 20.9. The van der Waals surface area contributed by atoms with Crippen LogP contribution in [-0.4, -0.2) is 64.2 Å². The van der Waals surface area contributed by atoms with Crippen molar-refractivity contribution in [3.8, 4) is 16.5 Å². The molecule has 0 spiro atoms. The topological polar surface area (TPSA) is 76.4 Å². The summed E-state index contributed by atoms with van der Waals surface area (Å²) in [6.45, 7) is 2.94. The monoisotopic (exact) mass is 468 g/mol. The molecule has 8 nitrogen and oxygen atoms in total. The molecule has 5 rings (SSSR count). The maximum atomic E-state index is 12.2. The summed E-state index contributed by atoms with van der Waals surface area (Å²) in [7, 11) is 1.61. The molecule has 1 aliphatic heterocycles. The summed E-state index contributed by atoms with van der Waals surface area (Å²) in [6, 6.07) is 9.62. The van der Waals surface area contributed by atoms with Gasteiger partial charge < -0.3 is 9.64 Å². The van der Waals surface area contributed by atoms with E-state index in [0.29, 0.717) is 29.5 Å². The fourth-order valence-corrected chi connectivity index (χ4v) is 4.87. The van der Waals surface area contributed by atoms with Gasteiger partial charge in [-0.1, -0.05) is 11.6 Å². The van der Waals surface area contributed by atoms with E-state index in [-0.39, 0.29) is 0 Å². The van der Waals surface area contributed by atoms with Crippen LogP contribution in [0.5, 0.6) is 5.75 Å². The van der Waals surface area contributed by atoms with Crippen molar-refractivity contribution >= 4 is 45.9 Å². The lowest BCUT2D eigenvalue weighted by molar-refractivity contribution is -0.115. The Morgan fingerprint density at radius 1 is 1.16 bits per heavy atom. The molecule has 1 fully saturated rings. The molecule has 0 bridgehead atoms. The summed E-state index contributed by atoms with van der Waals surface area (Å²) >= 11 is 7.68. The van der Waals surface area contributed by atoms with Crippen LogP contribution in [-0.2, 0) is 4.79 Å². The number of ether oxygens (including phenoxy) is 1. The molecule has 0 N–H and O–H groups in total. The first-order valence-corrected chi connectivity index (χ1v) is 11.5. The first-order valence-electron chi connectivity index (χ1n) is 10.2. The van der Waals surface area contributed by atoms with Gasteiger partial charge in [-0.05, 0) is 24.3 Å². The van der Waals surface area contributed by atoms with E-state index in [1.54, 1.807) is 24.2 Å². The number of hydrogen-bond acceptors (Lipinski definition) is 8. The van der Waals surface area contributed by atoms with Gasteiger partial charge in [0, 0.05) is 61.1 Å². The highest BCUT2D eigenvalue weighted by Crippen LogP contribution is 2.32. The lowest BCUT2D eigenvalue weighted by Crippen LogP contribution is -2.49. The number of anilines is 1. The zero-order valence-electron chi connectivity index (χ0n) is 17.4. The van der Waals surface area contributed by atoms with Gasteiger partial charge in [0.2, 0.25) is 0 Å². The number of halogens is 1. The number of thiazole rings is 1. The highest BCUT2D eigenvalue weighted by atomic mass is 35.5. The molecule has 164 valence electrons. The predicted molar refractivity (Wildman–Crippen MR) is 126 cm³/mol. The molecule has 3 aromatic heterocycles. The Hall–Kier alpha value is -3.01. The maximum Gasteiger partial charge on any atom is 0.162 e. The van der Waals surface area contributed by atoms with Crippen molar-refractivity contribution in [2.75, 3.05) is 38.2 Å². The molecular weight excluding hydrogens is 448 g/mol. The summed E-state index contributed by atoms with van der Waals surface area (Å²) < 4.78 is 7.07. The Morgan fingerprint density at radius 2 is 2.00 bits per heavy atom. The van der Waals surface area contributed by atoms with Gasteiger partial charge in [0.05, 0.1) is 12.1 Å². The number of nitrogens with zero attached hydrogens (tertiary/aromatic N) is 6. The molecule has 1 unspecified atom stereocenters. The molecule has 0 radical (unpaired) electrons. The minimum absolute atomic E-state index is 0.539. The molecule has 4 aromatic rings. The Bertz CT molecular complexity index is 1240. The van der Waals surface area contributed by atoms with Crippen LogP contribution in [0.2, 0.25) is 5.02 Å². The molecule has 1 atom stereocenters. The molecule has 10 heteroatoms. The van der Waals surface area contributed by atoms with Gasteiger partial charge in [0.25, 0.3) is 0 Å². The highest BCUT2D eigenvalue weighted by molar-refractivity contribution is 7.13. The van der Waals surface area contributed by atoms with Gasteiger partial charge in [-0.15, -0.1) is 11.3 Å². The number of rotatable bonds is 6. The lowest BCUT2D eigenvalue weighted by atomic mass is 10.2. The minimum Gasteiger partial charge on any atom is -0.495 e.